The minimum atomic E-state index is -0.422. The fraction of sp³-hybridized carbons (Fsp3) is 0.0526. The Kier molecular flexibility index (Phi) is 4.72. The van der Waals surface area contributed by atoms with Gasteiger partial charge in [0, 0.05) is 16.8 Å². The molecule has 24 heavy (non-hydrogen) atoms. The number of amides is 3. The second-order valence-corrected chi connectivity index (χ2v) is 5.25. The largest absolute Gasteiger partial charge is 0.329 e. The zero-order valence-electron chi connectivity index (χ0n) is 13.0. The van der Waals surface area contributed by atoms with Gasteiger partial charge in [0.1, 0.15) is 0 Å². The number of rotatable bonds is 4. The number of hydrogen-bond acceptors (Lipinski definition) is 2. The molecule has 0 spiro atoms. The summed E-state index contributed by atoms with van der Waals surface area (Å²) < 4.78 is 0. The van der Waals surface area contributed by atoms with Crippen molar-refractivity contribution in [1.29, 1.82) is 0 Å². The van der Waals surface area contributed by atoms with Crippen LogP contribution in [0.5, 0.6) is 0 Å². The zero-order chi connectivity index (χ0) is 16.8. The van der Waals surface area contributed by atoms with Crippen LogP contribution in [-0.2, 0) is 4.79 Å². The van der Waals surface area contributed by atoms with Crippen LogP contribution < -0.4 is 16.0 Å². The molecule has 0 saturated carbocycles. The van der Waals surface area contributed by atoms with Gasteiger partial charge in [0.15, 0.2) is 0 Å². The third kappa shape index (κ3) is 3.89. The number of para-hydroxylation sites is 1. The molecule has 0 saturated heterocycles. The molecule has 0 heterocycles. The first kappa shape index (κ1) is 15.6. The van der Waals surface area contributed by atoms with E-state index in [1.165, 1.54) is 0 Å². The molecule has 3 aromatic carbocycles. The van der Waals surface area contributed by atoms with Gasteiger partial charge in [-0.3, -0.25) is 4.79 Å². The Bertz CT molecular complexity index is 857. The Morgan fingerprint density at radius 2 is 1.46 bits per heavy atom. The lowest BCUT2D eigenvalue weighted by Crippen LogP contribution is -2.35. The van der Waals surface area contributed by atoms with Crippen molar-refractivity contribution < 1.29 is 9.59 Å². The molecule has 0 atom stereocenters. The van der Waals surface area contributed by atoms with Gasteiger partial charge in [-0.25, -0.2) is 4.79 Å². The monoisotopic (exact) mass is 319 g/mol. The highest BCUT2D eigenvalue weighted by Crippen LogP contribution is 2.22. The van der Waals surface area contributed by atoms with Gasteiger partial charge < -0.3 is 16.0 Å². The minimum absolute atomic E-state index is 0.109. The normalized spacial score (nSPS) is 10.2. The Balaban J connectivity index is 1.56. The third-order valence-electron chi connectivity index (χ3n) is 3.50. The second kappa shape index (κ2) is 7.28. The average molecular weight is 319 g/mol. The maximum absolute atomic E-state index is 12.1. The predicted molar refractivity (Wildman–Crippen MR) is 96.0 cm³/mol. The number of fused-ring (bicyclic) bond motifs is 1. The summed E-state index contributed by atoms with van der Waals surface area (Å²) in [7, 11) is 0. The summed E-state index contributed by atoms with van der Waals surface area (Å²) >= 11 is 0. The van der Waals surface area contributed by atoms with E-state index in [2.05, 4.69) is 16.0 Å². The molecule has 0 aliphatic carbocycles. The molecule has 0 unspecified atom stereocenters. The van der Waals surface area contributed by atoms with Gasteiger partial charge in [-0.15, -0.1) is 0 Å². The van der Waals surface area contributed by atoms with Crippen molar-refractivity contribution in [3.8, 4) is 0 Å². The number of hydrogen-bond donors (Lipinski definition) is 3. The summed E-state index contributed by atoms with van der Waals surface area (Å²) in [6.45, 7) is -0.109. The number of anilines is 2. The molecule has 3 amide bonds. The molecule has 3 rings (SSSR count). The van der Waals surface area contributed by atoms with E-state index in [1.807, 2.05) is 60.7 Å². The first-order valence-corrected chi connectivity index (χ1v) is 7.60. The van der Waals surface area contributed by atoms with E-state index in [0.717, 1.165) is 16.5 Å². The number of carbonyl (C=O) groups excluding carboxylic acids is 2. The molecule has 3 N–H and O–H groups in total. The van der Waals surface area contributed by atoms with Crippen LogP contribution in [0.15, 0.2) is 72.8 Å². The Hall–Kier alpha value is -3.34. The maximum atomic E-state index is 12.1. The standard InChI is InChI=1S/C19H17N3O2/c23-18(13-20-19(24)21-15-9-2-1-3-10-15)22-17-12-6-8-14-7-4-5-11-16(14)17/h1-12H,13H2,(H,22,23)(H2,20,21,24). The van der Waals surface area contributed by atoms with Crippen molar-refractivity contribution >= 4 is 34.1 Å². The van der Waals surface area contributed by atoms with Gasteiger partial charge >= 0.3 is 6.03 Å². The van der Waals surface area contributed by atoms with Crippen LogP contribution in [-0.4, -0.2) is 18.5 Å². The van der Waals surface area contributed by atoms with Crippen molar-refractivity contribution in [3.63, 3.8) is 0 Å². The smallest absolute Gasteiger partial charge is 0.319 e. The molecular weight excluding hydrogens is 302 g/mol. The molecule has 0 radical (unpaired) electrons. The summed E-state index contributed by atoms with van der Waals surface area (Å²) in [4.78, 5) is 23.8. The van der Waals surface area contributed by atoms with Crippen LogP contribution in [0.3, 0.4) is 0 Å². The summed E-state index contributed by atoms with van der Waals surface area (Å²) in [5.74, 6) is -0.283. The Morgan fingerprint density at radius 3 is 2.29 bits per heavy atom. The topological polar surface area (TPSA) is 70.2 Å². The van der Waals surface area contributed by atoms with Crippen molar-refractivity contribution in [1.82, 2.24) is 5.32 Å². The molecule has 120 valence electrons. The molecule has 0 aliphatic rings. The lowest BCUT2D eigenvalue weighted by molar-refractivity contribution is -0.115. The summed E-state index contributed by atoms with van der Waals surface area (Å²) in [6, 6.07) is 22.1. The van der Waals surface area contributed by atoms with E-state index < -0.39 is 6.03 Å². The summed E-state index contributed by atoms with van der Waals surface area (Å²) in [5, 5.41) is 10.0. The number of benzene rings is 3. The molecule has 0 bridgehead atoms. The van der Waals surface area contributed by atoms with Crippen molar-refractivity contribution in [2.75, 3.05) is 17.2 Å². The van der Waals surface area contributed by atoms with E-state index in [4.69, 9.17) is 0 Å². The van der Waals surface area contributed by atoms with Crippen molar-refractivity contribution in [2.24, 2.45) is 0 Å². The fourth-order valence-corrected chi connectivity index (χ4v) is 2.39. The summed E-state index contributed by atoms with van der Waals surface area (Å²) in [6.07, 6.45) is 0. The SMILES string of the molecule is O=C(CNC(=O)Nc1ccccc1)Nc1cccc2ccccc12. The van der Waals surface area contributed by atoms with E-state index in [-0.39, 0.29) is 12.5 Å². The van der Waals surface area contributed by atoms with E-state index in [0.29, 0.717) is 5.69 Å². The quantitative estimate of drug-likeness (QED) is 0.687. The van der Waals surface area contributed by atoms with Gasteiger partial charge in [-0.2, -0.15) is 0 Å². The van der Waals surface area contributed by atoms with Gasteiger partial charge in [0.05, 0.1) is 6.54 Å². The second-order valence-electron chi connectivity index (χ2n) is 5.25. The van der Waals surface area contributed by atoms with E-state index >= 15 is 0 Å². The maximum Gasteiger partial charge on any atom is 0.319 e. The number of nitrogens with one attached hydrogen (secondary N) is 3. The average Bonchev–Trinajstić information content (AvgIpc) is 2.61. The van der Waals surface area contributed by atoms with Gasteiger partial charge in [-0.05, 0) is 23.6 Å². The van der Waals surface area contributed by atoms with Crippen LogP contribution in [0, 0.1) is 0 Å². The summed E-state index contributed by atoms with van der Waals surface area (Å²) in [5.41, 5.74) is 1.40. The lowest BCUT2D eigenvalue weighted by atomic mass is 10.1. The number of carbonyl (C=O) groups is 2. The molecule has 5 heteroatoms. The van der Waals surface area contributed by atoms with Gasteiger partial charge in [0.2, 0.25) is 5.91 Å². The first-order chi connectivity index (χ1) is 11.7. The zero-order valence-corrected chi connectivity index (χ0v) is 13.0. The molecule has 0 fully saturated rings. The highest BCUT2D eigenvalue weighted by Gasteiger charge is 2.07. The van der Waals surface area contributed by atoms with Gasteiger partial charge in [0.25, 0.3) is 0 Å². The van der Waals surface area contributed by atoms with Gasteiger partial charge in [-0.1, -0.05) is 54.6 Å². The van der Waals surface area contributed by atoms with Crippen LogP contribution in [0.25, 0.3) is 10.8 Å². The van der Waals surface area contributed by atoms with Crippen molar-refractivity contribution in [3.05, 3.63) is 72.8 Å². The first-order valence-electron chi connectivity index (χ1n) is 7.60. The Labute approximate surface area is 139 Å². The molecule has 0 aliphatic heterocycles. The lowest BCUT2D eigenvalue weighted by Gasteiger charge is -2.10. The van der Waals surface area contributed by atoms with Crippen LogP contribution in [0.4, 0.5) is 16.2 Å². The molecule has 3 aromatic rings. The highest BCUT2D eigenvalue weighted by molar-refractivity contribution is 6.03. The van der Waals surface area contributed by atoms with Crippen molar-refractivity contribution in [2.45, 2.75) is 0 Å². The fourth-order valence-electron chi connectivity index (χ4n) is 2.39. The van der Waals surface area contributed by atoms with Crippen LogP contribution in [0.2, 0.25) is 0 Å². The minimum Gasteiger partial charge on any atom is -0.329 e. The Morgan fingerprint density at radius 1 is 0.750 bits per heavy atom. The van der Waals surface area contributed by atoms with E-state index in [1.54, 1.807) is 12.1 Å². The highest BCUT2D eigenvalue weighted by atomic mass is 16.2. The predicted octanol–water partition coefficient (Wildman–Crippen LogP) is 3.60. The van der Waals surface area contributed by atoms with E-state index in [9.17, 15) is 9.59 Å². The van der Waals surface area contributed by atoms with Crippen LogP contribution in [0.1, 0.15) is 0 Å². The third-order valence-corrected chi connectivity index (χ3v) is 3.50. The molecule has 5 nitrogen and oxygen atoms in total. The molecular formula is C19H17N3O2. The molecule has 0 aromatic heterocycles. The van der Waals surface area contributed by atoms with Crippen LogP contribution >= 0.6 is 0 Å². The number of urea groups is 1.